The zero-order chi connectivity index (χ0) is 20.9. The van der Waals surface area contributed by atoms with Gasteiger partial charge >= 0.3 is 0 Å². The number of nitrogens with zero attached hydrogens (tertiary/aromatic N) is 4. The molecule has 30 heavy (non-hydrogen) atoms. The highest BCUT2D eigenvalue weighted by Gasteiger charge is 2.33. The van der Waals surface area contributed by atoms with Crippen LogP contribution in [0.4, 0.5) is 0 Å². The lowest BCUT2D eigenvalue weighted by molar-refractivity contribution is 0.0614. The number of pyridine rings is 1. The second-order valence-corrected chi connectivity index (χ2v) is 7.96. The van der Waals surface area contributed by atoms with E-state index in [2.05, 4.69) is 27.3 Å². The summed E-state index contributed by atoms with van der Waals surface area (Å²) in [5.74, 6) is 0.994. The van der Waals surface area contributed by atoms with Crippen LogP contribution in [0.1, 0.15) is 34.0 Å². The Morgan fingerprint density at radius 2 is 2.03 bits per heavy atom. The maximum absolute atomic E-state index is 13.1. The summed E-state index contributed by atoms with van der Waals surface area (Å²) in [4.78, 5) is 19.2. The number of aryl methyl sites for hydroxylation is 1. The number of hydrogen-bond acceptors (Lipinski definition) is 5. The van der Waals surface area contributed by atoms with Crippen LogP contribution in [0.3, 0.4) is 0 Å². The van der Waals surface area contributed by atoms with Gasteiger partial charge < -0.3 is 9.64 Å². The summed E-state index contributed by atoms with van der Waals surface area (Å²) < 4.78 is 5.96. The molecule has 0 bridgehead atoms. The number of piperidine rings is 1. The Labute approximate surface area is 180 Å². The first-order chi connectivity index (χ1) is 14.6. The van der Waals surface area contributed by atoms with Crippen molar-refractivity contribution >= 4 is 17.5 Å². The third-order valence-electron chi connectivity index (χ3n) is 5.44. The van der Waals surface area contributed by atoms with Gasteiger partial charge in [0.05, 0.1) is 29.1 Å². The van der Waals surface area contributed by atoms with Gasteiger partial charge in [-0.3, -0.25) is 4.79 Å². The molecule has 4 rings (SSSR count). The van der Waals surface area contributed by atoms with Gasteiger partial charge in [0.2, 0.25) is 5.88 Å². The summed E-state index contributed by atoms with van der Waals surface area (Å²) in [6, 6.07) is 15.6. The number of hydrogen-bond donors (Lipinski definition) is 0. The van der Waals surface area contributed by atoms with Gasteiger partial charge in [0.1, 0.15) is 0 Å². The molecule has 1 fully saturated rings. The van der Waals surface area contributed by atoms with Crippen LogP contribution >= 0.6 is 11.6 Å². The smallest absolute Gasteiger partial charge is 0.255 e. The van der Waals surface area contributed by atoms with E-state index in [0.717, 1.165) is 12.1 Å². The molecule has 7 heteroatoms. The molecule has 1 saturated heterocycles. The SMILES string of the molecule is Cc1cc(C(=O)N2CC[C@@H](COc3ccc(Cl)cn3)[C@H](c3ccccc3)C2)cnn1. The predicted octanol–water partition coefficient (Wildman–Crippen LogP) is 4.16. The summed E-state index contributed by atoms with van der Waals surface area (Å²) in [5, 5.41) is 8.46. The van der Waals surface area contributed by atoms with E-state index in [1.165, 1.54) is 11.8 Å². The van der Waals surface area contributed by atoms with Crippen LogP contribution in [-0.4, -0.2) is 45.7 Å². The highest BCUT2D eigenvalue weighted by atomic mass is 35.5. The maximum Gasteiger partial charge on any atom is 0.255 e. The van der Waals surface area contributed by atoms with Crippen LogP contribution in [0.2, 0.25) is 5.02 Å². The number of carbonyl (C=O) groups is 1. The number of rotatable bonds is 5. The van der Waals surface area contributed by atoms with E-state index in [4.69, 9.17) is 16.3 Å². The molecule has 1 amide bonds. The Hall–Kier alpha value is -2.99. The van der Waals surface area contributed by atoms with Crippen molar-refractivity contribution < 1.29 is 9.53 Å². The lowest BCUT2D eigenvalue weighted by atomic mass is 9.81. The van der Waals surface area contributed by atoms with Crippen molar-refractivity contribution in [1.29, 1.82) is 0 Å². The molecule has 3 aromatic rings. The van der Waals surface area contributed by atoms with Crippen molar-refractivity contribution in [2.45, 2.75) is 19.3 Å². The highest BCUT2D eigenvalue weighted by Crippen LogP contribution is 2.33. The van der Waals surface area contributed by atoms with E-state index < -0.39 is 0 Å². The molecule has 0 N–H and O–H groups in total. The molecule has 0 unspecified atom stereocenters. The fraction of sp³-hybridized carbons (Fsp3) is 0.304. The first kappa shape index (κ1) is 20.3. The molecule has 0 saturated carbocycles. The molecule has 1 aliphatic heterocycles. The molecule has 0 radical (unpaired) electrons. The van der Waals surface area contributed by atoms with E-state index in [-0.39, 0.29) is 17.7 Å². The quantitative estimate of drug-likeness (QED) is 0.617. The monoisotopic (exact) mass is 422 g/mol. The molecule has 2 atom stereocenters. The zero-order valence-corrected chi connectivity index (χ0v) is 17.5. The van der Waals surface area contributed by atoms with E-state index in [1.54, 1.807) is 24.4 Å². The van der Waals surface area contributed by atoms with Crippen molar-refractivity contribution in [2.24, 2.45) is 5.92 Å². The van der Waals surface area contributed by atoms with Crippen LogP contribution in [-0.2, 0) is 0 Å². The van der Waals surface area contributed by atoms with Crippen molar-refractivity contribution in [2.75, 3.05) is 19.7 Å². The van der Waals surface area contributed by atoms with Gasteiger partial charge in [0.25, 0.3) is 5.91 Å². The Kier molecular flexibility index (Phi) is 6.23. The topological polar surface area (TPSA) is 68.2 Å². The summed E-state index contributed by atoms with van der Waals surface area (Å²) in [5.41, 5.74) is 2.52. The lowest BCUT2D eigenvalue weighted by Crippen LogP contribution is -2.44. The summed E-state index contributed by atoms with van der Waals surface area (Å²) in [7, 11) is 0. The van der Waals surface area contributed by atoms with Crippen LogP contribution in [0.25, 0.3) is 0 Å². The van der Waals surface area contributed by atoms with Gasteiger partial charge in [-0.2, -0.15) is 10.2 Å². The maximum atomic E-state index is 13.1. The van der Waals surface area contributed by atoms with Crippen molar-refractivity contribution in [1.82, 2.24) is 20.1 Å². The van der Waals surface area contributed by atoms with Crippen molar-refractivity contribution in [3.8, 4) is 5.88 Å². The van der Waals surface area contributed by atoms with Gasteiger partial charge in [0, 0.05) is 37.2 Å². The number of amides is 1. The van der Waals surface area contributed by atoms with Gasteiger partial charge in [-0.05, 0) is 31.0 Å². The molecule has 0 spiro atoms. The number of likely N-dealkylation sites (tertiary alicyclic amines) is 1. The Balaban J connectivity index is 1.50. The number of ether oxygens (including phenoxy) is 1. The molecular weight excluding hydrogens is 400 g/mol. The molecule has 3 heterocycles. The molecule has 0 aliphatic carbocycles. The van der Waals surface area contributed by atoms with Crippen molar-refractivity contribution in [3.05, 3.63) is 82.8 Å². The average Bonchev–Trinajstić information content (AvgIpc) is 2.79. The van der Waals surface area contributed by atoms with E-state index in [9.17, 15) is 4.79 Å². The summed E-state index contributed by atoms with van der Waals surface area (Å²) in [6.45, 7) is 3.68. The summed E-state index contributed by atoms with van der Waals surface area (Å²) >= 11 is 5.91. The second-order valence-electron chi connectivity index (χ2n) is 7.53. The number of carbonyl (C=O) groups excluding carboxylic acids is 1. The van der Waals surface area contributed by atoms with E-state index in [1.807, 2.05) is 30.0 Å². The number of benzene rings is 1. The molecule has 1 aliphatic rings. The minimum atomic E-state index is -0.00679. The standard InChI is InChI=1S/C23H23ClN4O2/c1-16-11-19(12-26-27-16)23(29)28-10-9-18(15-30-22-8-7-20(24)13-25-22)21(14-28)17-5-3-2-4-6-17/h2-8,11-13,18,21H,9-10,14-15H2,1H3/t18-,21-/m0/s1. The number of halogens is 1. The minimum Gasteiger partial charge on any atom is -0.477 e. The van der Waals surface area contributed by atoms with Crippen LogP contribution in [0.5, 0.6) is 5.88 Å². The molecule has 2 aromatic heterocycles. The molecule has 6 nitrogen and oxygen atoms in total. The van der Waals surface area contributed by atoms with Crippen molar-refractivity contribution in [3.63, 3.8) is 0 Å². The van der Waals surface area contributed by atoms with Gasteiger partial charge in [-0.25, -0.2) is 4.98 Å². The highest BCUT2D eigenvalue weighted by molar-refractivity contribution is 6.30. The second kappa shape index (κ2) is 9.22. The first-order valence-corrected chi connectivity index (χ1v) is 10.4. The number of aromatic nitrogens is 3. The predicted molar refractivity (Wildman–Crippen MR) is 115 cm³/mol. The van der Waals surface area contributed by atoms with Crippen LogP contribution < -0.4 is 4.74 Å². The van der Waals surface area contributed by atoms with Gasteiger partial charge in [0.15, 0.2) is 0 Å². The van der Waals surface area contributed by atoms with Gasteiger partial charge in [-0.15, -0.1) is 0 Å². The molecular formula is C23H23ClN4O2. The Morgan fingerprint density at radius 1 is 1.20 bits per heavy atom. The molecule has 154 valence electrons. The van der Waals surface area contributed by atoms with Gasteiger partial charge in [-0.1, -0.05) is 41.9 Å². The largest absolute Gasteiger partial charge is 0.477 e. The fourth-order valence-electron chi connectivity index (χ4n) is 3.88. The summed E-state index contributed by atoms with van der Waals surface area (Å²) in [6.07, 6.45) is 3.96. The minimum absolute atomic E-state index is 0.00679. The van der Waals surface area contributed by atoms with E-state index >= 15 is 0 Å². The molecule has 1 aromatic carbocycles. The lowest BCUT2D eigenvalue weighted by Gasteiger charge is -2.38. The normalized spacial score (nSPS) is 18.8. The zero-order valence-electron chi connectivity index (χ0n) is 16.7. The first-order valence-electron chi connectivity index (χ1n) is 9.98. The Morgan fingerprint density at radius 3 is 2.77 bits per heavy atom. The van der Waals surface area contributed by atoms with Crippen LogP contribution in [0, 0.1) is 12.8 Å². The fourth-order valence-corrected chi connectivity index (χ4v) is 3.99. The Bertz CT molecular complexity index is 998. The average molecular weight is 423 g/mol. The van der Waals surface area contributed by atoms with Crippen LogP contribution in [0.15, 0.2) is 60.9 Å². The third-order valence-corrected chi connectivity index (χ3v) is 5.66. The van der Waals surface area contributed by atoms with E-state index in [0.29, 0.717) is 36.2 Å². The third kappa shape index (κ3) is 4.76.